The zero-order chi connectivity index (χ0) is 14.6. The fourth-order valence-corrected chi connectivity index (χ4v) is 3.09. The molecule has 0 aromatic carbocycles. The number of nitrogens with zero attached hydrogens (tertiary/aromatic N) is 4. The molecule has 1 unspecified atom stereocenters. The second-order valence-electron chi connectivity index (χ2n) is 4.21. The molecule has 0 saturated heterocycles. The third kappa shape index (κ3) is 3.20. The Bertz CT molecular complexity index is 719. The standard InChI is InChI=1S/C12H13N5O2S/c1-10(9-17-7-3-6-15-17)16-20(18,19)12-4-2-5-14-11(12)8-13/h2-7,10,16H,9H2,1H3. The first-order chi connectivity index (χ1) is 9.53. The van der Waals surface area contributed by atoms with E-state index < -0.39 is 10.0 Å². The summed E-state index contributed by atoms with van der Waals surface area (Å²) in [4.78, 5) is 3.63. The summed E-state index contributed by atoms with van der Waals surface area (Å²) < 4.78 is 28.6. The third-order valence-corrected chi connectivity index (χ3v) is 4.16. The van der Waals surface area contributed by atoms with E-state index in [9.17, 15) is 8.42 Å². The van der Waals surface area contributed by atoms with Gasteiger partial charge in [-0.1, -0.05) is 0 Å². The maximum Gasteiger partial charge on any atom is 0.243 e. The van der Waals surface area contributed by atoms with E-state index in [2.05, 4.69) is 14.8 Å². The van der Waals surface area contributed by atoms with Gasteiger partial charge in [0.25, 0.3) is 0 Å². The van der Waals surface area contributed by atoms with Crippen molar-refractivity contribution in [2.75, 3.05) is 0 Å². The first-order valence-corrected chi connectivity index (χ1v) is 7.36. The van der Waals surface area contributed by atoms with Crippen molar-refractivity contribution in [1.82, 2.24) is 19.5 Å². The summed E-state index contributed by atoms with van der Waals surface area (Å²) in [6.45, 7) is 2.12. The van der Waals surface area contributed by atoms with Gasteiger partial charge >= 0.3 is 0 Å². The smallest absolute Gasteiger partial charge is 0.243 e. The monoisotopic (exact) mass is 291 g/mol. The molecule has 0 fully saturated rings. The van der Waals surface area contributed by atoms with Crippen LogP contribution < -0.4 is 4.72 Å². The highest BCUT2D eigenvalue weighted by atomic mass is 32.2. The molecule has 0 spiro atoms. The number of hydrogen-bond donors (Lipinski definition) is 1. The summed E-state index contributed by atoms with van der Waals surface area (Å²) in [6.07, 6.45) is 4.75. The van der Waals surface area contributed by atoms with Crippen molar-refractivity contribution in [3.8, 4) is 6.07 Å². The van der Waals surface area contributed by atoms with Crippen molar-refractivity contribution in [1.29, 1.82) is 5.26 Å². The molecule has 1 N–H and O–H groups in total. The van der Waals surface area contributed by atoms with Crippen molar-refractivity contribution >= 4 is 10.0 Å². The van der Waals surface area contributed by atoms with Gasteiger partial charge in [0.15, 0.2) is 5.69 Å². The summed E-state index contributed by atoms with van der Waals surface area (Å²) in [5.41, 5.74) is -0.119. The number of hydrogen-bond acceptors (Lipinski definition) is 5. The highest BCUT2D eigenvalue weighted by molar-refractivity contribution is 7.89. The second kappa shape index (κ2) is 5.81. The van der Waals surface area contributed by atoms with Gasteiger partial charge in [-0.25, -0.2) is 18.1 Å². The molecule has 2 heterocycles. The molecule has 0 aliphatic rings. The lowest BCUT2D eigenvalue weighted by molar-refractivity contribution is 0.493. The molecule has 0 aliphatic heterocycles. The SMILES string of the molecule is CC(Cn1cccn1)NS(=O)(=O)c1cccnc1C#N. The summed E-state index contributed by atoms with van der Waals surface area (Å²) in [5, 5.41) is 12.9. The van der Waals surface area contributed by atoms with Crippen LogP contribution in [0.25, 0.3) is 0 Å². The Kier molecular flexibility index (Phi) is 4.12. The van der Waals surface area contributed by atoms with E-state index in [-0.39, 0.29) is 16.6 Å². The lowest BCUT2D eigenvalue weighted by Crippen LogP contribution is -2.36. The minimum Gasteiger partial charge on any atom is -0.271 e. The minimum absolute atomic E-state index is 0.116. The summed E-state index contributed by atoms with van der Waals surface area (Å²) >= 11 is 0. The predicted molar refractivity (Wildman–Crippen MR) is 71.0 cm³/mol. The lowest BCUT2D eigenvalue weighted by Gasteiger charge is -2.14. The number of aromatic nitrogens is 3. The molecule has 7 nitrogen and oxygen atoms in total. The normalized spacial score (nSPS) is 12.8. The zero-order valence-corrected chi connectivity index (χ0v) is 11.6. The highest BCUT2D eigenvalue weighted by Gasteiger charge is 2.21. The minimum atomic E-state index is -3.78. The number of rotatable bonds is 5. The van der Waals surface area contributed by atoms with Crippen LogP contribution in [0.4, 0.5) is 0 Å². The van der Waals surface area contributed by atoms with E-state index in [0.29, 0.717) is 6.54 Å². The molecule has 0 radical (unpaired) electrons. The van der Waals surface area contributed by atoms with Crippen LogP contribution >= 0.6 is 0 Å². The molecule has 0 saturated carbocycles. The van der Waals surface area contributed by atoms with Crippen LogP contribution in [0.5, 0.6) is 0 Å². The third-order valence-electron chi connectivity index (χ3n) is 2.54. The van der Waals surface area contributed by atoms with E-state index in [1.807, 2.05) is 0 Å². The molecule has 2 aromatic rings. The van der Waals surface area contributed by atoms with Crippen LogP contribution in [-0.4, -0.2) is 29.2 Å². The van der Waals surface area contributed by atoms with Crippen molar-refractivity contribution in [3.05, 3.63) is 42.5 Å². The number of nitrogens with one attached hydrogen (secondary N) is 1. The molecular weight excluding hydrogens is 278 g/mol. The number of pyridine rings is 1. The first-order valence-electron chi connectivity index (χ1n) is 5.88. The fraction of sp³-hybridized carbons (Fsp3) is 0.250. The average Bonchev–Trinajstić information content (AvgIpc) is 2.90. The molecular formula is C12H13N5O2S. The Labute approximate surface area is 116 Å². The Morgan fingerprint density at radius 3 is 2.90 bits per heavy atom. The van der Waals surface area contributed by atoms with Gasteiger partial charge in [0.2, 0.25) is 10.0 Å². The molecule has 104 valence electrons. The largest absolute Gasteiger partial charge is 0.271 e. The topological polar surface area (TPSA) is 101 Å². The van der Waals surface area contributed by atoms with E-state index in [0.717, 1.165) is 0 Å². The van der Waals surface area contributed by atoms with E-state index >= 15 is 0 Å². The van der Waals surface area contributed by atoms with Crippen LogP contribution in [0.3, 0.4) is 0 Å². The molecule has 20 heavy (non-hydrogen) atoms. The summed E-state index contributed by atoms with van der Waals surface area (Å²) in [7, 11) is -3.78. The molecule has 8 heteroatoms. The van der Waals surface area contributed by atoms with Crippen LogP contribution in [-0.2, 0) is 16.6 Å². The van der Waals surface area contributed by atoms with Crippen molar-refractivity contribution in [3.63, 3.8) is 0 Å². The second-order valence-corrected chi connectivity index (χ2v) is 5.89. The van der Waals surface area contributed by atoms with Gasteiger partial charge in [-0.3, -0.25) is 4.68 Å². The van der Waals surface area contributed by atoms with Crippen LogP contribution in [0.1, 0.15) is 12.6 Å². The van der Waals surface area contributed by atoms with Gasteiger partial charge in [0.1, 0.15) is 11.0 Å². The van der Waals surface area contributed by atoms with Crippen LogP contribution in [0, 0.1) is 11.3 Å². The molecule has 1 atom stereocenters. The molecule has 2 rings (SSSR count). The van der Waals surface area contributed by atoms with Crippen molar-refractivity contribution in [2.24, 2.45) is 0 Å². The summed E-state index contributed by atoms with van der Waals surface area (Å²) in [6, 6.07) is 6.00. The Morgan fingerprint density at radius 1 is 1.45 bits per heavy atom. The van der Waals surface area contributed by atoms with Gasteiger partial charge in [-0.05, 0) is 25.1 Å². The van der Waals surface area contributed by atoms with Gasteiger partial charge in [0.05, 0.1) is 6.54 Å². The van der Waals surface area contributed by atoms with Gasteiger partial charge in [0, 0.05) is 24.6 Å². The lowest BCUT2D eigenvalue weighted by atomic mass is 10.4. The Balaban J connectivity index is 2.17. The van der Waals surface area contributed by atoms with Gasteiger partial charge in [-0.15, -0.1) is 0 Å². The molecule has 0 aliphatic carbocycles. The fourth-order valence-electron chi connectivity index (χ4n) is 1.75. The van der Waals surface area contributed by atoms with E-state index in [1.54, 1.807) is 36.1 Å². The van der Waals surface area contributed by atoms with Crippen molar-refractivity contribution in [2.45, 2.75) is 24.4 Å². The van der Waals surface area contributed by atoms with Crippen LogP contribution in [0.2, 0.25) is 0 Å². The highest BCUT2D eigenvalue weighted by Crippen LogP contribution is 2.12. The zero-order valence-electron chi connectivity index (χ0n) is 10.8. The van der Waals surface area contributed by atoms with E-state index in [1.165, 1.54) is 18.3 Å². The Morgan fingerprint density at radius 2 is 2.25 bits per heavy atom. The number of sulfonamides is 1. The quantitative estimate of drug-likeness (QED) is 0.865. The molecule has 0 amide bonds. The molecule has 0 bridgehead atoms. The van der Waals surface area contributed by atoms with Crippen molar-refractivity contribution < 1.29 is 8.42 Å². The first kappa shape index (κ1) is 14.2. The summed E-state index contributed by atoms with van der Waals surface area (Å²) in [5.74, 6) is 0. The Hall–Kier alpha value is -2.24. The maximum absolute atomic E-state index is 12.2. The average molecular weight is 291 g/mol. The van der Waals surface area contributed by atoms with E-state index in [4.69, 9.17) is 5.26 Å². The van der Waals surface area contributed by atoms with Crippen LogP contribution in [0.15, 0.2) is 41.7 Å². The maximum atomic E-state index is 12.2. The number of nitriles is 1. The van der Waals surface area contributed by atoms with Gasteiger partial charge in [-0.2, -0.15) is 10.4 Å². The van der Waals surface area contributed by atoms with Gasteiger partial charge < -0.3 is 0 Å². The molecule has 2 aromatic heterocycles. The predicted octanol–water partition coefficient (Wildman–Crippen LogP) is 0.517.